The second-order valence-electron chi connectivity index (χ2n) is 6.62. The molecular weight excluding hydrogens is 570 g/mol. The van der Waals surface area contributed by atoms with Gasteiger partial charge in [-0.15, -0.1) is 0 Å². The number of fused-ring (bicyclic) bond motifs is 3. The van der Waals surface area contributed by atoms with Gasteiger partial charge in [0.25, 0.3) is 0 Å². The lowest BCUT2D eigenvalue weighted by Gasteiger charge is -2.08. The van der Waals surface area contributed by atoms with Crippen LogP contribution in [-0.2, 0) is 0 Å². The fraction of sp³-hybridized carbons (Fsp3) is 0. The maximum atomic E-state index is 4.99. The Morgan fingerprint density at radius 2 is 0.786 bits per heavy atom. The molecule has 0 bridgehead atoms. The number of pyridine rings is 2. The Morgan fingerprint density at radius 1 is 0.429 bits per heavy atom. The van der Waals surface area contributed by atoms with E-state index in [0.29, 0.717) is 0 Å². The van der Waals surface area contributed by atoms with Gasteiger partial charge in [0.2, 0.25) is 0 Å². The van der Waals surface area contributed by atoms with E-state index in [0.717, 1.165) is 44.3 Å². The molecule has 0 radical (unpaired) electrons. The summed E-state index contributed by atoms with van der Waals surface area (Å²) < 4.78 is 2.44. The van der Waals surface area contributed by atoms with Gasteiger partial charge in [-0.25, -0.2) is 9.97 Å². The Balaban J connectivity index is 1.72. The summed E-state index contributed by atoms with van der Waals surface area (Å²) in [6, 6.07) is 29.6. The Bertz CT molecular complexity index is 1210. The monoisotopic (exact) mass is 584 g/mol. The third kappa shape index (κ3) is 3.39. The Morgan fingerprint density at radius 3 is 1.18 bits per heavy atom. The summed E-state index contributed by atoms with van der Waals surface area (Å²) in [5.41, 5.74) is 6.07. The second-order valence-corrected chi connectivity index (χ2v) is 9.11. The Kier molecular flexibility index (Phi) is 4.76. The molecule has 2 aromatic heterocycles. The van der Waals surface area contributed by atoms with E-state index in [-0.39, 0.29) is 0 Å². The van der Waals surface area contributed by atoms with E-state index in [4.69, 9.17) is 9.97 Å². The van der Waals surface area contributed by atoms with Gasteiger partial charge in [-0.1, -0.05) is 48.5 Å². The highest BCUT2D eigenvalue weighted by Gasteiger charge is 2.08. The lowest BCUT2D eigenvalue weighted by molar-refractivity contribution is 1.36. The molecule has 0 aliphatic carbocycles. The maximum Gasteiger partial charge on any atom is 0.0972 e. The van der Waals surface area contributed by atoms with E-state index in [1.165, 1.54) is 7.14 Å². The van der Waals surface area contributed by atoms with Gasteiger partial charge in [0.15, 0.2) is 0 Å². The molecule has 0 amide bonds. The number of rotatable bonds is 2. The normalized spacial score (nSPS) is 11.2. The zero-order valence-electron chi connectivity index (χ0n) is 14.7. The lowest BCUT2D eigenvalue weighted by Crippen LogP contribution is -1.91. The van der Waals surface area contributed by atoms with Gasteiger partial charge in [0.1, 0.15) is 0 Å². The molecule has 134 valence electrons. The van der Waals surface area contributed by atoms with Gasteiger partial charge >= 0.3 is 0 Å². The average molecular weight is 584 g/mol. The first-order valence-corrected chi connectivity index (χ1v) is 11.1. The van der Waals surface area contributed by atoms with Gasteiger partial charge in [0, 0.05) is 29.0 Å². The molecular formula is C24H14I2N2. The van der Waals surface area contributed by atoms with Crippen molar-refractivity contribution in [3.05, 3.63) is 92.1 Å². The van der Waals surface area contributed by atoms with Crippen LogP contribution in [0.1, 0.15) is 0 Å². The number of hydrogen-bond donors (Lipinski definition) is 0. The molecule has 0 fully saturated rings. The van der Waals surface area contributed by atoms with E-state index < -0.39 is 0 Å². The molecule has 5 aromatic rings. The predicted octanol–water partition coefficient (Wildman–Crippen LogP) is 7.33. The number of benzene rings is 3. The van der Waals surface area contributed by atoms with E-state index in [2.05, 4.69) is 130 Å². The van der Waals surface area contributed by atoms with Crippen molar-refractivity contribution in [2.75, 3.05) is 0 Å². The van der Waals surface area contributed by atoms with Crippen molar-refractivity contribution in [2.24, 2.45) is 0 Å². The third-order valence-electron chi connectivity index (χ3n) is 4.80. The second kappa shape index (κ2) is 7.40. The fourth-order valence-electron chi connectivity index (χ4n) is 3.33. The Hall–Kier alpha value is -2.06. The summed E-state index contributed by atoms with van der Waals surface area (Å²) in [7, 11) is 0. The molecule has 3 aromatic carbocycles. The molecule has 0 saturated carbocycles. The molecule has 0 aliphatic rings. The van der Waals surface area contributed by atoms with E-state index in [9.17, 15) is 0 Å². The van der Waals surface area contributed by atoms with Crippen molar-refractivity contribution in [3.63, 3.8) is 0 Å². The molecule has 0 unspecified atom stereocenters. The summed E-state index contributed by atoms with van der Waals surface area (Å²) in [4.78, 5) is 9.97. The standard InChI is InChI=1S/C24H14I2N2/c25-19-9-3-15(4-10-19)21-13-7-17-1-2-18-8-14-22(28-24(18)23(17)27-21)16-5-11-20(26)12-6-16/h1-14H. The zero-order chi connectivity index (χ0) is 19.1. The highest BCUT2D eigenvalue weighted by Crippen LogP contribution is 2.29. The van der Waals surface area contributed by atoms with E-state index in [1.54, 1.807) is 0 Å². The third-order valence-corrected chi connectivity index (χ3v) is 6.24. The summed E-state index contributed by atoms with van der Waals surface area (Å²) in [5, 5.41) is 2.21. The molecule has 2 heterocycles. The lowest BCUT2D eigenvalue weighted by atomic mass is 10.1. The first-order chi connectivity index (χ1) is 13.7. The SMILES string of the molecule is Ic1ccc(-c2ccc3ccc4ccc(-c5ccc(I)cc5)nc4c3n2)cc1. The van der Waals surface area contributed by atoms with E-state index in [1.807, 2.05) is 0 Å². The smallest absolute Gasteiger partial charge is 0.0972 e. The highest BCUT2D eigenvalue weighted by molar-refractivity contribution is 14.1. The number of hydrogen-bond acceptors (Lipinski definition) is 2. The zero-order valence-corrected chi connectivity index (χ0v) is 19.0. The first-order valence-electron chi connectivity index (χ1n) is 8.90. The summed E-state index contributed by atoms with van der Waals surface area (Å²) in [6.45, 7) is 0. The van der Waals surface area contributed by atoms with Crippen molar-refractivity contribution < 1.29 is 0 Å². The van der Waals surface area contributed by atoms with Crippen molar-refractivity contribution in [1.29, 1.82) is 0 Å². The van der Waals surface area contributed by atoms with Crippen molar-refractivity contribution in [1.82, 2.24) is 9.97 Å². The fourth-order valence-corrected chi connectivity index (χ4v) is 4.05. The van der Waals surface area contributed by atoms with Gasteiger partial charge in [-0.05, 0) is 81.6 Å². The largest absolute Gasteiger partial charge is 0.245 e. The van der Waals surface area contributed by atoms with Crippen LogP contribution >= 0.6 is 45.2 Å². The van der Waals surface area contributed by atoms with Gasteiger partial charge in [-0.2, -0.15) is 0 Å². The van der Waals surface area contributed by atoms with Crippen LogP contribution in [0, 0.1) is 7.14 Å². The molecule has 0 N–H and O–H groups in total. The van der Waals surface area contributed by atoms with Crippen LogP contribution in [0.15, 0.2) is 84.9 Å². The number of halogens is 2. The van der Waals surface area contributed by atoms with E-state index >= 15 is 0 Å². The Labute approximate surface area is 190 Å². The first kappa shape index (κ1) is 18.0. The molecule has 2 nitrogen and oxygen atoms in total. The minimum absolute atomic E-state index is 0.945. The summed E-state index contributed by atoms with van der Waals surface area (Å²) in [5.74, 6) is 0. The molecule has 0 atom stereocenters. The molecule has 4 heteroatoms. The van der Waals surface area contributed by atoms with Crippen molar-refractivity contribution in [3.8, 4) is 22.5 Å². The predicted molar refractivity (Wildman–Crippen MR) is 133 cm³/mol. The van der Waals surface area contributed by atoms with Gasteiger partial charge < -0.3 is 0 Å². The van der Waals surface area contributed by atoms with Crippen molar-refractivity contribution in [2.45, 2.75) is 0 Å². The maximum absolute atomic E-state index is 4.99. The molecule has 0 spiro atoms. The van der Waals surface area contributed by atoms with Crippen LogP contribution < -0.4 is 0 Å². The van der Waals surface area contributed by atoms with Gasteiger partial charge in [0.05, 0.1) is 22.4 Å². The van der Waals surface area contributed by atoms with Crippen molar-refractivity contribution >= 4 is 67.0 Å². The van der Waals surface area contributed by atoms with Crippen LogP contribution in [0.25, 0.3) is 44.3 Å². The highest BCUT2D eigenvalue weighted by atomic mass is 127. The van der Waals surface area contributed by atoms with Crippen LogP contribution in [0.2, 0.25) is 0 Å². The number of aromatic nitrogens is 2. The summed E-state index contributed by atoms with van der Waals surface area (Å²) in [6.07, 6.45) is 0. The van der Waals surface area contributed by atoms with Crippen LogP contribution in [-0.4, -0.2) is 9.97 Å². The molecule has 28 heavy (non-hydrogen) atoms. The quantitative estimate of drug-likeness (QED) is 0.161. The molecule has 0 aliphatic heterocycles. The van der Waals surface area contributed by atoms with Crippen LogP contribution in [0.5, 0.6) is 0 Å². The molecule has 5 rings (SSSR count). The van der Waals surface area contributed by atoms with Crippen LogP contribution in [0.4, 0.5) is 0 Å². The number of nitrogens with zero attached hydrogens (tertiary/aromatic N) is 2. The minimum atomic E-state index is 0.945. The van der Waals surface area contributed by atoms with Crippen LogP contribution in [0.3, 0.4) is 0 Å². The average Bonchev–Trinajstić information content (AvgIpc) is 2.74. The summed E-state index contributed by atoms with van der Waals surface area (Å²) >= 11 is 4.64. The molecule has 0 saturated heterocycles. The topological polar surface area (TPSA) is 25.8 Å². The minimum Gasteiger partial charge on any atom is -0.245 e. The van der Waals surface area contributed by atoms with Gasteiger partial charge in [-0.3, -0.25) is 0 Å².